The molecule has 15 heavy (non-hydrogen) atoms. The van der Waals surface area contributed by atoms with Crippen molar-refractivity contribution in [3.8, 4) is 0 Å². The number of benzene rings is 1. The van der Waals surface area contributed by atoms with Crippen LogP contribution in [0, 0.1) is 0 Å². The molecule has 1 aromatic carbocycles. The molecule has 1 rings (SSSR count). The van der Waals surface area contributed by atoms with Crippen molar-refractivity contribution in [1.82, 2.24) is 0 Å². The fraction of sp³-hybridized carbons (Fsp3) is 0.333. The Morgan fingerprint density at radius 2 is 1.93 bits per heavy atom. The van der Waals surface area contributed by atoms with Crippen LogP contribution in [0.25, 0.3) is 0 Å². The quantitative estimate of drug-likeness (QED) is 0.861. The van der Waals surface area contributed by atoms with Gasteiger partial charge in [0.2, 0.25) is 0 Å². The van der Waals surface area contributed by atoms with Gasteiger partial charge in [-0.05, 0) is 17.7 Å². The van der Waals surface area contributed by atoms with E-state index in [0.29, 0.717) is 10.6 Å². The van der Waals surface area contributed by atoms with Crippen molar-refractivity contribution in [2.45, 2.75) is 18.6 Å². The average Bonchev–Trinajstić information content (AvgIpc) is 2.01. The lowest BCUT2D eigenvalue weighted by Gasteiger charge is -2.14. The largest absolute Gasteiger partial charge is 0.390 e. The Bertz CT molecular complexity index is 314. The molecule has 0 bridgehead atoms. The molecule has 0 spiro atoms. The number of alkyl halides is 3. The number of hydrogen-bond donors (Lipinski definition) is 1. The molecule has 0 heterocycles. The summed E-state index contributed by atoms with van der Waals surface area (Å²) in [7, 11) is 0. The highest BCUT2D eigenvalue weighted by Gasteiger charge is 2.30. The highest BCUT2D eigenvalue weighted by atomic mass is 35.5. The monoisotopic (exact) mass is 259 g/mol. The maximum absolute atomic E-state index is 12.0. The molecule has 86 valence electrons. The molecule has 0 aliphatic rings. The minimum atomic E-state index is -4.25. The van der Waals surface area contributed by atoms with Crippen molar-refractivity contribution in [2.24, 2.45) is 5.73 Å². The third-order valence-corrected chi connectivity index (χ3v) is 1.96. The van der Waals surface area contributed by atoms with Gasteiger partial charge in [0, 0.05) is 11.1 Å². The van der Waals surface area contributed by atoms with Gasteiger partial charge >= 0.3 is 6.18 Å². The van der Waals surface area contributed by atoms with Crippen LogP contribution in [0.1, 0.15) is 18.0 Å². The molecule has 0 amide bonds. The summed E-state index contributed by atoms with van der Waals surface area (Å²) in [5.41, 5.74) is 5.77. The van der Waals surface area contributed by atoms with Crippen molar-refractivity contribution in [3.63, 3.8) is 0 Å². The molecule has 0 radical (unpaired) electrons. The van der Waals surface area contributed by atoms with Gasteiger partial charge in [0.15, 0.2) is 0 Å². The third kappa shape index (κ3) is 5.25. The van der Waals surface area contributed by atoms with E-state index in [1.807, 2.05) is 0 Å². The van der Waals surface area contributed by atoms with E-state index in [-0.39, 0.29) is 12.4 Å². The molecule has 1 atom stereocenters. The topological polar surface area (TPSA) is 26.0 Å². The van der Waals surface area contributed by atoms with Gasteiger partial charge in [-0.1, -0.05) is 23.7 Å². The van der Waals surface area contributed by atoms with Crippen LogP contribution in [-0.4, -0.2) is 6.18 Å². The summed E-state index contributed by atoms with van der Waals surface area (Å²) in [5, 5.41) is 0.389. The van der Waals surface area contributed by atoms with Crippen molar-refractivity contribution >= 4 is 24.0 Å². The van der Waals surface area contributed by atoms with Crippen molar-refractivity contribution in [3.05, 3.63) is 34.9 Å². The Balaban J connectivity index is 0.00000196. The Morgan fingerprint density at radius 1 is 1.33 bits per heavy atom. The van der Waals surface area contributed by atoms with E-state index in [1.54, 1.807) is 12.1 Å². The summed E-state index contributed by atoms with van der Waals surface area (Å²) in [4.78, 5) is 0. The van der Waals surface area contributed by atoms with Gasteiger partial charge in [-0.3, -0.25) is 0 Å². The highest BCUT2D eigenvalue weighted by molar-refractivity contribution is 6.30. The zero-order valence-corrected chi connectivity index (χ0v) is 9.16. The van der Waals surface area contributed by atoms with Crippen molar-refractivity contribution in [2.75, 3.05) is 0 Å². The van der Waals surface area contributed by atoms with Crippen molar-refractivity contribution < 1.29 is 13.2 Å². The maximum Gasteiger partial charge on any atom is 0.390 e. The fourth-order valence-corrected chi connectivity index (χ4v) is 1.30. The molecule has 0 unspecified atom stereocenters. The molecule has 0 fully saturated rings. The van der Waals surface area contributed by atoms with Crippen LogP contribution < -0.4 is 5.73 Å². The lowest BCUT2D eigenvalue weighted by molar-refractivity contribution is -0.138. The van der Waals surface area contributed by atoms with Gasteiger partial charge in [0.05, 0.1) is 6.42 Å². The molecule has 2 N–H and O–H groups in total. The Morgan fingerprint density at radius 3 is 2.40 bits per heavy atom. The van der Waals surface area contributed by atoms with Crippen molar-refractivity contribution in [1.29, 1.82) is 0 Å². The average molecular weight is 260 g/mol. The van der Waals surface area contributed by atoms with E-state index in [9.17, 15) is 13.2 Å². The summed E-state index contributed by atoms with van der Waals surface area (Å²) in [6, 6.07) is 5.09. The second-order valence-electron chi connectivity index (χ2n) is 2.98. The molecule has 0 saturated carbocycles. The smallest absolute Gasteiger partial charge is 0.324 e. The number of halogens is 5. The first-order valence-electron chi connectivity index (χ1n) is 3.96. The Hall–Kier alpha value is -0.450. The SMILES string of the molecule is Cl.N[C@@H](CC(F)(F)F)c1cccc(Cl)c1. The molecule has 1 nitrogen and oxygen atoms in total. The second-order valence-corrected chi connectivity index (χ2v) is 3.42. The molecule has 0 aromatic heterocycles. The van der Waals surface area contributed by atoms with Crippen LogP contribution in [0.5, 0.6) is 0 Å². The summed E-state index contributed by atoms with van der Waals surface area (Å²) >= 11 is 5.62. The Kier molecular flexibility index (Phi) is 5.42. The van der Waals surface area contributed by atoms with E-state index in [2.05, 4.69) is 0 Å². The van der Waals surface area contributed by atoms with Gasteiger partial charge < -0.3 is 5.73 Å². The van der Waals surface area contributed by atoms with Gasteiger partial charge in [-0.15, -0.1) is 12.4 Å². The highest BCUT2D eigenvalue weighted by Crippen LogP contribution is 2.28. The summed E-state index contributed by atoms with van der Waals surface area (Å²) < 4.78 is 35.9. The van der Waals surface area contributed by atoms with Crippen LogP contribution in [0.2, 0.25) is 5.02 Å². The van der Waals surface area contributed by atoms with E-state index in [0.717, 1.165) is 0 Å². The van der Waals surface area contributed by atoms with Crippen LogP contribution in [0.3, 0.4) is 0 Å². The minimum Gasteiger partial charge on any atom is -0.324 e. The lowest BCUT2D eigenvalue weighted by atomic mass is 10.0. The standard InChI is InChI=1S/C9H9ClF3N.ClH/c10-7-3-1-2-6(4-7)8(14)5-9(11,12)13;/h1-4,8H,5,14H2;1H/t8-;/m0./s1. The number of rotatable bonds is 2. The van der Waals surface area contributed by atoms with E-state index in [1.165, 1.54) is 12.1 Å². The summed E-state index contributed by atoms with van der Waals surface area (Å²) in [5.74, 6) is 0. The van der Waals surface area contributed by atoms with Gasteiger partial charge in [0.25, 0.3) is 0 Å². The zero-order valence-electron chi connectivity index (χ0n) is 7.59. The first-order valence-corrected chi connectivity index (χ1v) is 4.34. The second kappa shape index (κ2) is 5.58. The summed E-state index contributed by atoms with van der Waals surface area (Å²) in [6.45, 7) is 0. The maximum atomic E-state index is 12.0. The van der Waals surface area contributed by atoms with E-state index >= 15 is 0 Å². The Labute approximate surface area is 96.8 Å². The molecule has 0 aliphatic carbocycles. The van der Waals surface area contributed by atoms with Crippen LogP contribution >= 0.6 is 24.0 Å². The third-order valence-electron chi connectivity index (χ3n) is 1.73. The van der Waals surface area contributed by atoms with Crippen LogP contribution in [-0.2, 0) is 0 Å². The van der Waals surface area contributed by atoms with Gasteiger partial charge in [-0.2, -0.15) is 13.2 Å². The predicted molar refractivity (Wildman–Crippen MR) is 56.3 cm³/mol. The molecule has 6 heteroatoms. The first-order chi connectivity index (χ1) is 6.38. The van der Waals surface area contributed by atoms with Crippen LogP contribution in [0.4, 0.5) is 13.2 Å². The normalized spacial score (nSPS) is 13.1. The molecule has 0 saturated heterocycles. The molecule has 0 aliphatic heterocycles. The fourth-order valence-electron chi connectivity index (χ4n) is 1.10. The van der Waals surface area contributed by atoms with Gasteiger partial charge in [0.1, 0.15) is 0 Å². The number of hydrogen-bond acceptors (Lipinski definition) is 1. The summed E-state index contributed by atoms with van der Waals surface area (Å²) in [6.07, 6.45) is -5.28. The predicted octanol–water partition coefficient (Wildman–Crippen LogP) is 3.71. The zero-order chi connectivity index (χ0) is 10.8. The number of nitrogens with two attached hydrogens (primary N) is 1. The van der Waals surface area contributed by atoms with Crippen LogP contribution in [0.15, 0.2) is 24.3 Å². The molecule has 1 aromatic rings. The lowest BCUT2D eigenvalue weighted by Crippen LogP contribution is -2.20. The van der Waals surface area contributed by atoms with E-state index < -0.39 is 18.6 Å². The van der Waals surface area contributed by atoms with E-state index in [4.69, 9.17) is 17.3 Å². The first kappa shape index (κ1) is 14.6. The minimum absolute atomic E-state index is 0. The van der Waals surface area contributed by atoms with Gasteiger partial charge in [-0.25, -0.2) is 0 Å². The molecular weight excluding hydrogens is 250 g/mol. The molecular formula is C9H10Cl2F3N.